The SMILES string of the molecule is CCCCCCCOc1ccc(-c2ccc(/C=C/c3ccc(C)c(F)c3F)cc2)c(F)c1. The van der Waals surface area contributed by atoms with Gasteiger partial charge in [-0.2, -0.15) is 0 Å². The van der Waals surface area contributed by atoms with Crippen molar-refractivity contribution in [3.63, 3.8) is 0 Å². The van der Waals surface area contributed by atoms with Crippen molar-refractivity contribution in [2.75, 3.05) is 6.61 Å². The molecule has 0 aliphatic carbocycles. The molecule has 0 fully saturated rings. The van der Waals surface area contributed by atoms with E-state index in [2.05, 4.69) is 6.92 Å². The van der Waals surface area contributed by atoms with E-state index in [9.17, 15) is 13.2 Å². The second-order valence-corrected chi connectivity index (χ2v) is 7.96. The van der Waals surface area contributed by atoms with Crippen LogP contribution in [-0.4, -0.2) is 6.61 Å². The lowest BCUT2D eigenvalue weighted by atomic mass is 10.0. The predicted molar refractivity (Wildman–Crippen MR) is 126 cm³/mol. The van der Waals surface area contributed by atoms with Gasteiger partial charge in [-0.25, -0.2) is 13.2 Å². The van der Waals surface area contributed by atoms with Crippen molar-refractivity contribution >= 4 is 12.2 Å². The van der Waals surface area contributed by atoms with Gasteiger partial charge >= 0.3 is 0 Å². The summed E-state index contributed by atoms with van der Waals surface area (Å²) in [6, 6.07) is 15.3. The van der Waals surface area contributed by atoms with Gasteiger partial charge < -0.3 is 4.74 Å². The van der Waals surface area contributed by atoms with Gasteiger partial charge in [0.1, 0.15) is 11.6 Å². The highest BCUT2D eigenvalue weighted by Crippen LogP contribution is 2.27. The first-order chi connectivity index (χ1) is 15.5. The van der Waals surface area contributed by atoms with Crippen molar-refractivity contribution < 1.29 is 17.9 Å². The van der Waals surface area contributed by atoms with E-state index in [0.29, 0.717) is 17.9 Å². The molecule has 3 aromatic rings. The van der Waals surface area contributed by atoms with E-state index in [0.717, 1.165) is 24.0 Å². The number of benzene rings is 3. The van der Waals surface area contributed by atoms with Gasteiger partial charge in [0.25, 0.3) is 0 Å². The van der Waals surface area contributed by atoms with Crippen molar-refractivity contribution in [1.82, 2.24) is 0 Å². The fourth-order valence-electron chi connectivity index (χ4n) is 3.46. The van der Waals surface area contributed by atoms with Gasteiger partial charge in [-0.15, -0.1) is 0 Å². The first kappa shape index (κ1) is 23.6. The fourth-order valence-corrected chi connectivity index (χ4v) is 3.46. The number of unbranched alkanes of at least 4 members (excludes halogenated alkanes) is 4. The van der Waals surface area contributed by atoms with Crippen LogP contribution >= 0.6 is 0 Å². The Morgan fingerprint density at radius 3 is 2.25 bits per heavy atom. The summed E-state index contributed by atoms with van der Waals surface area (Å²) in [6.07, 6.45) is 8.97. The minimum Gasteiger partial charge on any atom is -0.493 e. The molecular formula is C28H29F3O. The molecule has 0 saturated heterocycles. The van der Waals surface area contributed by atoms with E-state index in [1.54, 1.807) is 42.5 Å². The van der Waals surface area contributed by atoms with Crippen LogP contribution in [0, 0.1) is 24.4 Å². The van der Waals surface area contributed by atoms with Crippen LogP contribution in [-0.2, 0) is 0 Å². The molecule has 0 saturated carbocycles. The van der Waals surface area contributed by atoms with Crippen molar-refractivity contribution in [1.29, 1.82) is 0 Å². The average molecular weight is 439 g/mol. The maximum atomic E-state index is 14.6. The van der Waals surface area contributed by atoms with Crippen LogP contribution in [0.4, 0.5) is 13.2 Å². The summed E-state index contributed by atoms with van der Waals surface area (Å²) < 4.78 is 48.0. The summed E-state index contributed by atoms with van der Waals surface area (Å²) in [6.45, 7) is 4.30. The lowest BCUT2D eigenvalue weighted by Crippen LogP contribution is -1.98. The van der Waals surface area contributed by atoms with Crippen molar-refractivity contribution in [3.8, 4) is 16.9 Å². The number of hydrogen-bond donors (Lipinski definition) is 0. The number of rotatable bonds is 10. The first-order valence-electron chi connectivity index (χ1n) is 11.1. The van der Waals surface area contributed by atoms with E-state index in [-0.39, 0.29) is 16.9 Å². The molecule has 0 amide bonds. The zero-order valence-corrected chi connectivity index (χ0v) is 18.6. The fraction of sp³-hybridized carbons (Fsp3) is 0.286. The molecule has 1 nitrogen and oxygen atoms in total. The average Bonchev–Trinajstić information content (AvgIpc) is 2.80. The van der Waals surface area contributed by atoms with Crippen molar-refractivity contribution in [3.05, 3.63) is 88.7 Å². The Morgan fingerprint density at radius 1 is 0.781 bits per heavy atom. The zero-order valence-electron chi connectivity index (χ0n) is 18.6. The molecule has 168 valence electrons. The normalized spacial score (nSPS) is 11.3. The molecule has 3 rings (SSSR count). The molecule has 0 bridgehead atoms. The van der Waals surface area contributed by atoms with E-state index >= 15 is 0 Å². The quantitative estimate of drug-likeness (QED) is 0.227. The molecule has 0 spiro atoms. The van der Waals surface area contributed by atoms with Crippen LogP contribution in [0.3, 0.4) is 0 Å². The Kier molecular flexibility index (Phi) is 8.55. The third-order valence-corrected chi connectivity index (χ3v) is 5.44. The molecule has 0 aliphatic heterocycles. The van der Waals surface area contributed by atoms with E-state index in [4.69, 9.17) is 4.74 Å². The lowest BCUT2D eigenvalue weighted by Gasteiger charge is -2.09. The highest BCUT2D eigenvalue weighted by atomic mass is 19.2. The maximum Gasteiger partial charge on any atom is 0.166 e. The van der Waals surface area contributed by atoms with Crippen molar-refractivity contribution in [2.45, 2.75) is 46.0 Å². The first-order valence-corrected chi connectivity index (χ1v) is 11.1. The Hall–Kier alpha value is -3.01. The molecular weight excluding hydrogens is 409 g/mol. The zero-order chi connectivity index (χ0) is 22.9. The molecule has 0 N–H and O–H groups in total. The summed E-state index contributed by atoms with van der Waals surface area (Å²) in [4.78, 5) is 0. The second-order valence-electron chi connectivity index (χ2n) is 7.96. The molecule has 0 atom stereocenters. The largest absolute Gasteiger partial charge is 0.493 e. The van der Waals surface area contributed by atoms with Gasteiger partial charge in [0.15, 0.2) is 11.6 Å². The van der Waals surface area contributed by atoms with E-state index < -0.39 is 11.6 Å². The minimum absolute atomic E-state index is 0.184. The summed E-state index contributed by atoms with van der Waals surface area (Å²) in [5.41, 5.74) is 2.48. The second kappa shape index (κ2) is 11.6. The predicted octanol–water partition coefficient (Wildman–Crippen LogP) is 8.60. The van der Waals surface area contributed by atoms with Gasteiger partial charge in [0.2, 0.25) is 0 Å². The van der Waals surface area contributed by atoms with Crippen LogP contribution in [0.15, 0.2) is 54.6 Å². The van der Waals surface area contributed by atoms with Crippen LogP contribution in [0.2, 0.25) is 0 Å². The maximum absolute atomic E-state index is 14.6. The number of ether oxygens (including phenoxy) is 1. The van der Waals surface area contributed by atoms with Gasteiger partial charge in [0, 0.05) is 17.2 Å². The van der Waals surface area contributed by atoms with Gasteiger partial charge in [-0.3, -0.25) is 0 Å². The van der Waals surface area contributed by atoms with Crippen LogP contribution in [0.5, 0.6) is 5.75 Å². The standard InChI is InChI=1S/C28H29F3O/c1-3-4-5-6-7-18-32-24-16-17-25(26(29)19-24)22-13-9-21(10-14-22)11-15-23-12-8-20(2)27(30)28(23)31/h8-17,19H,3-7,18H2,1-2H3/b15-11+. The van der Waals surface area contributed by atoms with Gasteiger partial charge in [0.05, 0.1) is 6.61 Å². The van der Waals surface area contributed by atoms with Crippen molar-refractivity contribution in [2.24, 2.45) is 0 Å². The van der Waals surface area contributed by atoms with Gasteiger partial charge in [-0.05, 0) is 42.2 Å². The Bertz CT molecular complexity index is 1060. The number of hydrogen-bond acceptors (Lipinski definition) is 1. The molecule has 4 heteroatoms. The van der Waals surface area contributed by atoms with E-state index in [1.165, 1.54) is 38.3 Å². The number of aryl methyl sites for hydroxylation is 1. The Balaban J connectivity index is 1.62. The minimum atomic E-state index is -0.858. The Morgan fingerprint density at radius 2 is 1.53 bits per heavy atom. The monoisotopic (exact) mass is 438 g/mol. The third kappa shape index (κ3) is 6.25. The summed E-state index contributed by atoms with van der Waals surface area (Å²) >= 11 is 0. The molecule has 0 aliphatic rings. The van der Waals surface area contributed by atoms with Crippen LogP contribution in [0.1, 0.15) is 55.7 Å². The number of halogens is 3. The molecule has 3 aromatic carbocycles. The molecule has 0 aromatic heterocycles. The highest BCUT2D eigenvalue weighted by molar-refractivity contribution is 5.72. The van der Waals surface area contributed by atoms with Gasteiger partial charge in [-0.1, -0.05) is 81.2 Å². The molecule has 0 radical (unpaired) electrons. The third-order valence-electron chi connectivity index (χ3n) is 5.44. The smallest absolute Gasteiger partial charge is 0.166 e. The molecule has 0 unspecified atom stereocenters. The molecule has 0 heterocycles. The summed E-state index contributed by atoms with van der Waals surface area (Å²) in [7, 11) is 0. The summed E-state index contributed by atoms with van der Waals surface area (Å²) in [5, 5.41) is 0. The Labute approximate surface area is 188 Å². The lowest BCUT2D eigenvalue weighted by molar-refractivity contribution is 0.303. The summed E-state index contributed by atoms with van der Waals surface area (Å²) in [5.74, 6) is -1.49. The van der Waals surface area contributed by atoms with Crippen LogP contribution < -0.4 is 4.74 Å². The topological polar surface area (TPSA) is 9.23 Å². The van der Waals surface area contributed by atoms with Crippen LogP contribution in [0.25, 0.3) is 23.3 Å². The molecule has 32 heavy (non-hydrogen) atoms. The highest BCUT2D eigenvalue weighted by Gasteiger charge is 2.09. The van der Waals surface area contributed by atoms with E-state index in [1.807, 2.05) is 12.1 Å².